The number of nitrogens with zero attached hydrogens (tertiary/aromatic N) is 1. The molecular formula is C24H19NO5. The van der Waals surface area contributed by atoms with Crippen LogP contribution in [0.4, 0.5) is 5.69 Å². The number of hydrogen-bond donors (Lipinski definition) is 1. The third kappa shape index (κ3) is 3.75. The maximum absolute atomic E-state index is 11.3. The quantitative estimate of drug-likeness (QED) is 0.506. The minimum atomic E-state index is -0.994. The summed E-state index contributed by atoms with van der Waals surface area (Å²) < 4.78 is 16.8. The molecule has 1 N–H and O–H groups in total. The normalized spacial score (nSPS) is 11.5. The Balaban J connectivity index is 1.93. The molecule has 30 heavy (non-hydrogen) atoms. The summed E-state index contributed by atoms with van der Waals surface area (Å²) in [5, 5.41) is 10.7. The van der Waals surface area contributed by atoms with Crippen molar-refractivity contribution in [2.24, 2.45) is 4.99 Å². The number of hydrogen-bond acceptors (Lipinski definition) is 5. The zero-order valence-corrected chi connectivity index (χ0v) is 16.5. The van der Waals surface area contributed by atoms with Gasteiger partial charge < -0.3 is 19.0 Å². The largest absolute Gasteiger partial charge is 0.493 e. The molecule has 0 atom stereocenters. The maximum atomic E-state index is 11.3. The van der Waals surface area contributed by atoms with Gasteiger partial charge in [0.2, 0.25) is 0 Å². The molecule has 150 valence electrons. The van der Waals surface area contributed by atoms with E-state index in [1.165, 1.54) is 12.1 Å². The molecule has 0 aliphatic carbocycles. The van der Waals surface area contributed by atoms with Crippen LogP contribution in [0.5, 0.6) is 11.5 Å². The zero-order chi connectivity index (χ0) is 21.1. The zero-order valence-electron chi connectivity index (χ0n) is 16.5. The summed E-state index contributed by atoms with van der Waals surface area (Å²) >= 11 is 0. The van der Waals surface area contributed by atoms with Crippen LogP contribution in [0.1, 0.15) is 10.4 Å². The van der Waals surface area contributed by atoms with E-state index in [4.69, 9.17) is 18.9 Å². The van der Waals surface area contributed by atoms with Gasteiger partial charge in [-0.1, -0.05) is 18.2 Å². The van der Waals surface area contributed by atoms with Gasteiger partial charge in [-0.25, -0.2) is 9.79 Å². The van der Waals surface area contributed by atoms with Gasteiger partial charge in [-0.15, -0.1) is 0 Å². The van der Waals surface area contributed by atoms with Crippen LogP contribution in [-0.4, -0.2) is 25.3 Å². The van der Waals surface area contributed by atoms with Crippen LogP contribution in [0.25, 0.3) is 22.3 Å². The fourth-order valence-corrected chi connectivity index (χ4v) is 3.19. The second kappa shape index (κ2) is 8.13. The van der Waals surface area contributed by atoms with Crippen LogP contribution < -0.4 is 14.8 Å². The van der Waals surface area contributed by atoms with E-state index < -0.39 is 5.97 Å². The van der Waals surface area contributed by atoms with E-state index in [1.54, 1.807) is 26.4 Å². The molecule has 6 heteroatoms. The lowest BCUT2D eigenvalue weighted by atomic mass is 10.1. The van der Waals surface area contributed by atoms with Crippen LogP contribution in [0.3, 0.4) is 0 Å². The van der Waals surface area contributed by atoms with Gasteiger partial charge in [-0.3, -0.25) is 0 Å². The second-order valence-electron chi connectivity index (χ2n) is 6.53. The minimum Gasteiger partial charge on any atom is -0.493 e. The van der Waals surface area contributed by atoms with Crippen molar-refractivity contribution in [3.63, 3.8) is 0 Å². The summed E-state index contributed by atoms with van der Waals surface area (Å²) in [5.74, 6) is 0.817. The van der Waals surface area contributed by atoms with Gasteiger partial charge in [-0.2, -0.15) is 0 Å². The summed E-state index contributed by atoms with van der Waals surface area (Å²) in [6.45, 7) is 0. The van der Waals surface area contributed by atoms with Crippen molar-refractivity contribution in [2.45, 2.75) is 0 Å². The summed E-state index contributed by atoms with van der Waals surface area (Å²) in [6.07, 6.45) is 0. The summed E-state index contributed by atoms with van der Waals surface area (Å²) in [4.78, 5) is 16.0. The number of ether oxygens (including phenoxy) is 2. The number of carbonyl (C=O) groups is 1. The van der Waals surface area contributed by atoms with Crippen molar-refractivity contribution in [1.82, 2.24) is 0 Å². The first-order chi connectivity index (χ1) is 14.6. The first-order valence-electron chi connectivity index (χ1n) is 9.22. The highest BCUT2D eigenvalue weighted by molar-refractivity contribution is 5.88. The molecule has 4 rings (SSSR count). The Labute approximate surface area is 172 Å². The Morgan fingerprint density at radius 3 is 2.47 bits per heavy atom. The Morgan fingerprint density at radius 1 is 0.900 bits per heavy atom. The molecule has 0 fully saturated rings. The molecule has 0 radical (unpaired) electrons. The number of carboxylic acid groups (broad SMARTS) is 1. The molecule has 0 aliphatic rings. The third-order valence-electron chi connectivity index (χ3n) is 4.66. The molecular weight excluding hydrogens is 382 g/mol. The third-order valence-corrected chi connectivity index (χ3v) is 4.66. The van der Waals surface area contributed by atoms with Crippen molar-refractivity contribution in [1.29, 1.82) is 0 Å². The standard InChI is InChI=1S/C24H19NO5/c1-28-21-11-10-15(13-23(21)29-2)22-14-19(18-8-3-4-9-20(18)30-22)25-17-7-5-6-16(12-17)24(26)27/h3-14H,1-2H3,(H,26,27). The molecule has 0 saturated heterocycles. The Kier molecular flexibility index (Phi) is 5.22. The van der Waals surface area contributed by atoms with Crippen LogP contribution in [0.15, 0.2) is 82.2 Å². The number of fused-ring (bicyclic) bond motifs is 1. The SMILES string of the molecule is COc1ccc(-c2cc(=Nc3cccc(C(=O)O)c3)c3ccccc3o2)cc1OC. The van der Waals surface area contributed by atoms with Crippen molar-refractivity contribution >= 4 is 22.6 Å². The molecule has 4 aromatic rings. The van der Waals surface area contributed by atoms with Crippen molar-refractivity contribution in [2.75, 3.05) is 14.2 Å². The molecule has 6 nitrogen and oxygen atoms in total. The lowest BCUT2D eigenvalue weighted by Gasteiger charge is -2.10. The first-order valence-corrected chi connectivity index (χ1v) is 9.22. The number of benzene rings is 3. The van der Waals surface area contributed by atoms with Gasteiger partial charge in [0.05, 0.1) is 30.8 Å². The van der Waals surface area contributed by atoms with Gasteiger partial charge in [0, 0.05) is 17.0 Å². The summed E-state index contributed by atoms with van der Waals surface area (Å²) in [7, 11) is 3.16. The number of para-hydroxylation sites is 1. The topological polar surface area (TPSA) is 81.3 Å². The van der Waals surface area contributed by atoms with Gasteiger partial charge in [-0.05, 0) is 48.5 Å². The Hall–Kier alpha value is -4.06. The van der Waals surface area contributed by atoms with E-state index in [-0.39, 0.29) is 5.56 Å². The molecule has 0 aliphatic heterocycles. The minimum absolute atomic E-state index is 0.182. The summed E-state index contributed by atoms with van der Waals surface area (Å²) in [6, 6.07) is 21.4. The van der Waals surface area contributed by atoms with Crippen molar-refractivity contribution in [3.05, 3.63) is 83.7 Å². The Bertz CT molecular complexity index is 1310. The van der Waals surface area contributed by atoms with Crippen LogP contribution in [0.2, 0.25) is 0 Å². The average Bonchev–Trinajstić information content (AvgIpc) is 2.78. The number of carboxylic acids is 1. The van der Waals surface area contributed by atoms with Crippen LogP contribution in [0, 0.1) is 0 Å². The average molecular weight is 401 g/mol. The van der Waals surface area contributed by atoms with Crippen molar-refractivity contribution < 1.29 is 23.8 Å². The molecule has 1 heterocycles. The van der Waals surface area contributed by atoms with Gasteiger partial charge in [0.25, 0.3) is 0 Å². The molecule has 1 aromatic heterocycles. The number of methoxy groups -OCH3 is 2. The molecule has 3 aromatic carbocycles. The highest BCUT2D eigenvalue weighted by atomic mass is 16.5. The molecule has 0 unspecified atom stereocenters. The van der Waals surface area contributed by atoms with E-state index in [9.17, 15) is 9.90 Å². The summed E-state index contributed by atoms with van der Waals surface area (Å²) in [5.41, 5.74) is 2.19. The fourth-order valence-electron chi connectivity index (χ4n) is 3.19. The van der Waals surface area contributed by atoms with Gasteiger partial charge >= 0.3 is 5.97 Å². The lowest BCUT2D eigenvalue weighted by Crippen LogP contribution is -2.03. The van der Waals surface area contributed by atoms with Gasteiger partial charge in [0.15, 0.2) is 11.5 Å². The lowest BCUT2D eigenvalue weighted by molar-refractivity contribution is 0.0697. The van der Waals surface area contributed by atoms with Crippen LogP contribution in [-0.2, 0) is 0 Å². The van der Waals surface area contributed by atoms with E-state index in [0.29, 0.717) is 33.9 Å². The first kappa shape index (κ1) is 19.3. The monoisotopic (exact) mass is 401 g/mol. The molecule has 0 amide bonds. The predicted octanol–water partition coefficient (Wildman–Crippen LogP) is 5.05. The van der Waals surface area contributed by atoms with E-state index in [2.05, 4.69) is 0 Å². The van der Waals surface area contributed by atoms with Gasteiger partial charge in [0.1, 0.15) is 11.3 Å². The fraction of sp³-hybridized carbons (Fsp3) is 0.0833. The van der Waals surface area contributed by atoms with E-state index in [1.807, 2.05) is 48.5 Å². The number of aromatic carboxylic acids is 1. The highest BCUT2D eigenvalue weighted by Crippen LogP contribution is 2.32. The molecule has 0 spiro atoms. The van der Waals surface area contributed by atoms with E-state index >= 15 is 0 Å². The molecule has 0 saturated carbocycles. The number of rotatable bonds is 5. The Morgan fingerprint density at radius 2 is 1.70 bits per heavy atom. The maximum Gasteiger partial charge on any atom is 0.335 e. The smallest absolute Gasteiger partial charge is 0.335 e. The van der Waals surface area contributed by atoms with Crippen molar-refractivity contribution in [3.8, 4) is 22.8 Å². The predicted molar refractivity (Wildman–Crippen MR) is 113 cm³/mol. The van der Waals surface area contributed by atoms with Crippen LogP contribution >= 0.6 is 0 Å². The highest BCUT2D eigenvalue weighted by Gasteiger charge is 2.10. The molecule has 0 bridgehead atoms. The second-order valence-corrected chi connectivity index (χ2v) is 6.53. The van der Waals surface area contributed by atoms with E-state index in [0.717, 1.165) is 10.9 Å².